The molecular formula is C24H26N6O2. The summed E-state index contributed by atoms with van der Waals surface area (Å²) in [5, 5.41) is 19.3. The van der Waals surface area contributed by atoms with E-state index in [4.69, 9.17) is 4.74 Å². The molecule has 4 aromatic rings. The highest BCUT2D eigenvalue weighted by Gasteiger charge is 2.10. The molecule has 0 saturated carbocycles. The number of hydrogen-bond acceptors (Lipinski definition) is 6. The van der Waals surface area contributed by atoms with Gasteiger partial charge in [-0.3, -0.25) is 4.79 Å². The number of methoxy groups -OCH3 is 1. The van der Waals surface area contributed by atoms with Crippen LogP contribution in [0.3, 0.4) is 0 Å². The maximum atomic E-state index is 12.3. The minimum atomic E-state index is -0.103. The van der Waals surface area contributed by atoms with E-state index in [9.17, 15) is 4.79 Å². The number of aryl methyl sites for hydroxylation is 1. The fraction of sp³-hybridized carbons (Fsp3) is 0.250. The molecule has 2 aromatic heterocycles. The van der Waals surface area contributed by atoms with Crippen molar-refractivity contribution in [3.8, 4) is 5.75 Å². The Hall–Kier alpha value is -3.94. The van der Waals surface area contributed by atoms with Crippen LogP contribution in [0.25, 0.3) is 5.65 Å². The molecule has 2 N–H and O–H groups in total. The molecule has 0 spiro atoms. The first-order valence-electron chi connectivity index (χ1n) is 10.6. The van der Waals surface area contributed by atoms with Crippen molar-refractivity contribution >= 4 is 17.4 Å². The van der Waals surface area contributed by atoms with E-state index in [2.05, 4.69) is 32.0 Å². The first-order valence-corrected chi connectivity index (χ1v) is 10.6. The molecule has 0 unspecified atom stereocenters. The van der Waals surface area contributed by atoms with Crippen LogP contribution in [0, 0.1) is 6.92 Å². The maximum Gasteiger partial charge on any atom is 0.251 e. The van der Waals surface area contributed by atoms with Gasteiger partial charge in [-0.25, -0.2) is 0 Å². The zero-order valence-corrected chi connectivity index (χ0v) is 18.2. The summed E-state index contributed by atoms with van der Waals surface area (Å²) < 4.78 is 7.12. The van der Waals surface area contributed by atoms with Gasteiger partial charge < -0.3 is 15.4 Å². The number of nitrogens with one attached hydrogen (secondary N) is 2. The molecule has 8 nitrogen and oxygen atoms in total. The molecular weight excluding hydrogens is 404 g/mol. The monoisotopic (exact) mass is 430 g/mol. The SMILES string of the molecule is COc1ccccc1CCNc1ccc2nnc(CCNC(=O)c3cccc(C)c3)n2n1. The summed E-state index contributed by atoms with van der Waals surface area (Å²) in [6.07, 6.45) is 1.33. The summed E-state index contributed by atoms with van der Waals surface area (Å²) in [6.45, 7) is 3.12. The molecule has 1 amide bonds. The van der Waals surface area contributed by atoms with E-state index in [0.29, 0.717) is 36.5 Å². The van der Waals surface area contributed by atoms with Gasteiger partial charge in [-0.1, -0.05) is 35.9 Å². The van der Waals surface area contributed by atoms with E-state index in [1.54, 1.807) is 17.7 Å². The van der Waals surface area contributed by atoms with Crippen molar-refractivity contribution < 1.29 is 9.53 Å². The lowest BCUT2D eigenvalue weighted by molar-refractivity contribution is 0.0954. The largest absolute Gasteiger partial charge is 0.496 e. The normalized spacial score (nSPS) is 10.8. The molecule has 0 aliphatic carbocycles. The summed E-state index contributed by atoms with van der Waals surface area (Å²) in [4.78, 5) is 12.3. The topological polar surface area (TPSA) is 93.4 Å². The molecule has 2 heterocycles. The van der Waals surface area contributed by atoms with E-state index in [1.165, 1.54) is 0 Å². The minimum Gasteiger partial charge on any atom is -0.496 e. The lowest BCUT2D eigenvalue weighted by Gasteiger charge is -2.09. The molecule has 32 heavy (non-hydrogen) atoms. The maximum absolute atomic E-state index is 12.3. The van der Waals surface area contributed by atoms with Crippen LogP contribution in [0.1, 0.15) is 27.3 Å². The average molecular weight is 431 g/mol. The van der Waals surface area contributed by atoms with Gasteiger partial charge in [0, 0.05) is 25.1 Å². The van der Waals surface area contributed by atoms with E-state index in [0.717, 1.165) is 29.1 Å². The number of benzene rings is 2. The van der Waals surface area contributed by atoms with E-state index < -0.39 is 0 Å². The standard InChI is InChI=1S/C24H26N6O2/c1-17-6-5-8-19(16-17)24(31)26-15-13-23-28-27-22-11-10-21(29-30(22)23)25-14-12-18-7-3-4-9-20(18)32-2/h3-11,16H,12-15H2,1-2H3,(H,25,29)(H,26,31). The predicted molar refractivity (Wildman–Crippen MR) is 123 cm³/mol. The van der Waals surface area contributed by atoms with E-state index in [-0.39, 0.29) is 5.91 Å². The Morgan fingerprint density at radius 1 is 1.00 bits per heavy atom. The van der Waals surface area contributed by atoms with Crippen LogP contribution in [-0.4, -0.2) is 45.9 Å². The van der Waals surface area contributed by atoms with Crippen LogP contribution >= 0.6 is 0 Å². The number of aromatic nitrogens is 4. The average Bonchev–Trinajstić information content (AvgIpc) is 3.21. The van der Waals surface area contributed by atoms with Crippen LogP contribution in [0.5, 0.6) is 5.75 Å². The highest BCUT2D eigenvalue weighted by Crippen LogP contribution is 2.18. The highest BCUT2D eigenvalue weighted by atomic mass is 16.5. The lowest BCUT2D eigenvalue weighted by Crippen LogP contribution is -2.26. The Morgan fingerprint density at radius 3 is 2.72 bits per heavy atom. The van der Waals surface area contributed by atoms with Gasteiger partial charge in [0.2, 0.25) is 0 Å². The number of rotatable bonds is 9. The van der Waals surface area contributed by atoms with Crippen molar-refractivity contribution in [2.75, 3.05) is 25.5 Å². The summed E-state index contributed by atoms with van der Waals surface area (Å²) >= 11 is 0. The summed E-state index contributed by atoms with van der Waals surface area (Å²) in [7, 11) is 1.68. The third-order valence-electron chi connectivity index (χ3n) is 5.13. The van der Waals surface area contributed by atoms with Gasteiger partial charge in [0.15, 0.2) is 11.5 Å². The van der Waals surface area contributed by atoms with E-state index in [1.807, 2.05) is 55.5 Å². The van der Waals surface area contributed by atoms with Crippen molar-refractivity contribution in [3.05, 3.63) is 83.2 Å². The van der Waals surface area contributed by atoms with Crippen molar-refractivity contribution in [2.24, 2.45) is 0 Å². The number of nitrogens with zero attached hydrogens (tertiary/aromatic N) is 4. The minimum absolute atomic E-state index is 0.103. The second kappa shape index (κ2) is 9.91. The van der Waals surface area contributed by atoms with Gasteiger partial charge in [-0.05, 0) is 49.2 Å². The first-order chi connectivity index (χ1) is 15.6. The second-order valence-corrected chi connectivity index (χ2v) is 7.47. The van der Waals surface area contributed by atoms with Gasteiger partial charge in [0.25, 0.3) is 5.91 Å². The molecule has 0 aliphatic heterocycles. The highest BCUT2D eigenvalue weighted by molar-refractivity contribution is 5.94. The molecule has 0 radical (unpaired) electrons. The number of ether oxygens (including phenoxy) is 1. The molecule has 0 atom stereocenters. The second-order valence-electron chi connectivity index (χ2n) is 7.47. The van der Waals surface area contributed by atoms with Crippen molar-refractivity contribution in [1.82, 2.24) is 25.1 Å². The quantitative estimate of drug-likeness (QED) is 0.424. The van der Waals surface area contributed by atoms with E-state index >= 15 is 0 Å². The number of carbonyl (C=O) groups excluding carboxylic acids is 1. The van der Waals surface area contributed by atoms with Crippen LogP contribution in [0.15, 0.2) is 60.7 Å². The van der Waals surface area contributed by atoms with Crippen LogP contribution in [0.2, 0.25) is 0 Å². The number of hydrogen-bond donors (Lipinski definition) is 2. The Kier molecular flexibility index (Phi) is 6.60. The summed E-state index contributed by atoms with van der Waals surface area (Å²) in [6, 6.07) is 19.3. The smallest absolute Gasteiger partial charge is 0.251 e. The van der Waals surface area contributed by atoms with Gasteiger partial charge in [0.05, 0.1) is 7.11 Å². The number of amides is 1. The Bertz CT molecular complexity index is 1220. The van der Waals surface area contributed by atoms with Crippen molar-refractivity contribution in [3.63, 3.8) is 0 Å². The van der Waals surface area contributed by atoms with Crippen LogP contribution < -0.4 is 15.4 Å². The molecule has 0 fully saturated rings. The van der Waals surface area contributed by atoms with Crippen molar-refractivity contribution in [2.45, 2.75) is 19.8 Å². The Morgan fingerprint density at radius 2 is 1.88 bits per heavy atom. The van der Waals surface area contributed by atoms with Gasteiger partial charge in [0.1, 0.15) is 11.6 Å². The first kappa shape index (κ1) is 21.3. The summed E-state index contributed by atoms with van der Waals surface area (Å²) in [5.41, 5.74) is 3.50. The molecule has 164 valence electrons. The zero-order chi connectivity index (χ0) is 22.3. The van der Waals surface area contributed by atoms with Crippen molar-refractivity contribution in [1.29, 1.82) is 0 Å². The number of anilines is 1. The molecule has 8 heteroatoms. The number of fused-ring (bicyclic) bond motifs is 1. The summed E-state index contributed by atoms with van der Waals surface area (Å²) in [5.74, 6) is 2.20. The number of para-hydroxylation sites is 1. The predicted octanol–water partition coefficient (Wildman–Crippen LogP) is 3.07. The van der Waals surface area contributed by atoms with Crippen LogP contribution in [-0.2, 0) is 12.8 Å². The third kappa shape index (κ3) is 5.03. The molecule has 4 rings (SSSR count). The molecule has 0 saturated heterocycles. The zero-order valence-electron chi connectivity index (χ0n) is 18.2. The van der Waals surface area contributed by atoms with Crippen LogP contribution in [0.4, 0.5) is 5.82 Å². The van der Waals surface area contributed by atoms with Gasteiger partial charge in [-0.15, -0.1) is 15.3 Å². The van der Waals surface area contributed by atoms with Gasteiger partial charge >= 0.3 is 0 Å². The Balaban J connectivity index is 1.35. The third-order valence-corrected chi connectivity index (χ3v) is 5.13. The molecule has 2 aromatic carbocycles. The van der Waals surface area contributed by atoms with Gasteiger partial charge in [-0.2, -0.15) is 4.52 Å². The lowest BCUT2D eigenvalue weighted by atomic mass is 10.1. The number of carbonyl (C=O) groups is 1. The fourth-order valence-corrected chi connectivity index (χ4v) is 3.49. The Labute approximate surface area is 186 Å². The molecule has 0 aliphatic rings. The molecule has 0 bridgehead atoms. The fourth-order valence-electron chi connectivity index (χ4n) is 3.49.